The molecule has 2 aromatic heterocycles. The number of benzene rings is 1. The Morgan fingerprint density at radius 2 is 1.84 bits per heavy atom. The molecule has 0 atom stereocenters. The number of aromatic nitrogens is 2. The van der Waals surface area contributed by atoms with Crippen molar-refractivity contribution < 1.29 is 39.3 Å². The molecule has 166 valence electrons. The van der Waals surface area contributed by atoms with Crippen LogP contribution in [0.3, 0.4) is 0 Å². The molecule has 0 aliphatic carbocycles. The molecule has 0 bridgehead atoms. The van der Waals surface area contributed by atoms with Crippen molar-refractivity contribution in [3.8, 4) is 11.4 Å². The summed E-state index contributed by atoms with van der Waals surface area (Å²) in [6, 6.07) is 3.37. The molecule has 0 fully saturated rings. The predicted molar refractivity (Wildman–Crippen MR) is 95.4 cm³/mol. The molecule has 6 nitrogen and oxygen atoms in total. The van der Waals surface area contributed by atoms with Crippen molar-refractivity contribution in [3.05, 3.63) is 51.5 Å². The average molecular weight is 483 g/mol. The second-order valence-corrected chi connectivity index (χ2v) is 9.49. The van der Waals surface area contributed by atoms with Crippen molar-refractivity contribution in [2.75, 3.05) is 6.54 Å². The summed E-state index contributed by atoms with van der Waals surface area (Å²) in [5, 5.41) is 4.82. The van der Waals surface area contributed by atoms with Crippen LogP contribution in [-0.4, -0.2) is 29.4 Å². The van der Waals surface area contributed by atoms with Crippen molar-refractivity contribution in [2.45, 2.75) is 30.2 Å². The summed E-state index contributed by atoms with van der Waals surface area (Å²) in [5.41, 5.74) is -0.529. The van der Waals surface area contributed by atoms with E-state index in [-0.39, 0.29) is 30.9 Å². The van der Waals surface area contributed by atoms with Gasteiger partial charge in [0.05, 0.1) is 10.5 Å². The van der Waals surface area contributed by atoms with E-state index in [0.717, 1.165) is 27.4 Å². The Labute approximate surface area is 175 Å². The highest BCUT2D eigenvalue weighted by Gasteiger charge is 2.39. The molecular weight excluding hydrogens is 472 g/mol. The van der Waals surface area contributed by atoms with Crippen LogP contribution in [0.4, 0.5) is 26.3 Å². The van der Waals surface area contributed by atoms with Gasteiger partial charge in [-0.1, -0.05) is 11.2 Å². The second-order valence-electron chi connectivity index (χ2n) is 6.59. The number of hydrogen-bond donors (Lipinski definition) is 0. The molecule has 0 saturated heterocycles. The van der Waals surface area contributed by atoms with Crippen LogP contribution in [0.1, 0.15) is 21.9 Å². The Morgan fingerprint density at radius 1 is 1.10 bits per heavy atom. The number of rotatable bonds is 3. The third-order valence-corrected chi connectivity index (χ3v) is 7.54. The first-order valence-electron chi connectivity index (χ1n) is 8.55. The number of halogens is 6. The minimum Gasteiger partial charge on any atom is -0.329 e. The van der Waals surface area contributed by atoms with Gasteiger partial charge in [0.15, 0.2) is 0 Å². The fourth-order valence-electron chi connectivity index (χ4n) is 3.11. The zero-order chi connectivity index (χ0) is 22.6. The summed E-state index contributed by atoms with van der Waals surface area (Å²) in [5.74, 6) is -1.88. The molecule has 0 amide bonds. The second kappa shape index (κ2) is 7.31. The minimum atomic E-state index is -4.83. The Bertz CT molecular complexity index is 1230. The van der Waals surface area contributed by atoms with E-state index in [2.05, 4.69) is 14.7 Å². The highest BCUT2D eigenvalue weighted by molar-refractivity contribution is 7.89. The first-order valence-corrected chi connectivity index (χ1v) is 10.9. The van der Waals surface area contributed by atoms with Gasteiger partial charge in [0.25, 0.3) is 0 Å². The van der Waals surface area contributed by atoms with E-state index in [0.29, 0.717) is 11.6 Å². The SMILES string of the molecule is O=S(=O)(c1cccc(C(F)(F)F)c1)N1CCc2scc(-c3noc(C(F)(F)F)n3)c2C1. The van der Waals surface area contributed by atoms with Gasteiger partial charge in [-0.05, 0) is 30.2 Å². The van der Waals surface area contributed by atoms with Crippen molar-refractivity contribution in [1.82, 2.24) is 14.4 Å². The van der Waals surface area contributed by atoms with Crippen LogP contribution < -0.4 is 0 Å². The fraction of sp³-hybridized carbons (Fsp3) is 0.294. The molecule has 1 aliphatic rings. The van der Waals surface area contributed by atoms with Crippen molar-refractivity contribution in [3.63, 3.8) is 0 Å². The van der Waals surface area contributed by atoms with Crippen LogP contribution in [0.15, 0.2) is 39.1 Å². The molecule has 0 spiro atoms. The average Bonchev–Trinajstić information content (AvgIpc) is 3.33. The minimum absolute atomic E-state index is 0.00553. The van der Waals surface area contributed by atoms with Gasteiger partial charge in [0, 0.05) is 28.9 Å². The lowest BCUT2D eigenvalue weighted by Gasteiger charge is -2.27. The molecule has 4 rings (SSSR count). The Hall–Kier alpha value is -2.45. The van der Waals surface area contributed by atoms with Gasteiger partial charge in [0.1, 0.15) is 0 Å². The summed E-state index contributed by atoms with van der Waals surface area (Å²) < 4.78 is 108. The highest BCUT2D eigenvalue weighted by Crippen LogP contribution is 2.38. The highest BCUT2D eigenvalue weighted by atomic mass is 32.2. The third-order valence-electron chi connectivity index (χ3n) is 4.61. The lowest BCUT2D eigenvalue weighted by Crippen LogP contribution is -2.35. The van der Waals surface area contributed by atoms with Crippen LogP contribution in [0.5, 0.6) is 0 Å². The maximum Gasteiger partial charge on any atom is 0.471 e. The van der Waals surface area contributed by atoms with E-state index in [4.69, 9.17) is 0 Å². The molecule has 3 heterocycles. The summed E-state index contributed by atoms with van der Waals surface area (Å²) >= 11 is 1.20. The first-order chi connectivity index (χ1) is 14.4. The van der Waals surface area contributed by atoms with E-state index in [9.17, 15) is 34.8 Å². The molecule has 14 heteroatoms. The zero-order valence-corrected chi connectivity index (χ0v) is 16.8. The monoisotopic (exact) mass is 483 g/mol. The molecule has 0 unspecified atom stereocenters. The van der Waals surface area contributed by atoms with Crippen LogP contribution in [0.25, 0.3) is 11.4 Å². The van der Waals surface area contributed by atoms with Crippen LogP contribution in [-0.2, 0) is 35.3 Å². The molecule has 0 radical (unpaired) electrons. The lowest BCUT2D eigenvalue weighted by atomic mass is 10.1. The van der Waals surface area contributed by atoms with Crippen molar-refractivity contribution in [2.24, 2.45) is 0 Å². The van der Waals surface area contributed by atoms with E-state index >= 15 is 0 Å². The van der Waals surface area contributed by atoms with Crippen LogP contribution >= 0.6 is 11.3 Å². The summed E-state index contributed by atoms with van der Waals surface area (Å²) in [6.45, 7) is -0.242. The summed E-state index contributed by atoms with van der Waals surface area (Å²) in [7, 11) is -4.29. The van der Waals surface area contributed by atoms with E-state index in [1.165, 1.54) is 16.7 Å². The topological polar surface area (TPSA) is 76.3 Å². The molecule has 0 saturated carbocycles. The lowest BCUT2D eigenvalue weighted by molar-refractivity contribution is -0.159. The maximum absolute atomic E-state index is 13.0. The van der Waals surface area contributed by atoms with Crippen LogP contribution in [0, 0.1) is 0 Å². The fourth-order valence-corrected chi connectivity index (χ4v) is 5.60. The maximum atomic E-state index is 13.0. The van der Waals surface area contributed by atoms with E-state index in [1.807, 2.05) is 0 Å². The molecule has 31 heavy (non-hydrogen) atoms. The van der Waals surface area contributed by atoms with Gasteiger partial charge < -0.3 is 4.52 Å². The normalized spacial score (nSPS) is 15.8. The standard InChI is InChI=1S/C17H11F6N3O3S2/c18-16(19,20)9-2-1-3-10(6-9)31(27,28)26-5-4-13-11(7-26)12(8-30-13)14-24-15(29-25-14)17(21,22)23/h1-3,6,8H,4-5,7H2. The third kappa shape index (κ3) is 4.06. The first kappa shape index (κ1) is 21.8. The largest absolute Gasteiger partial charge is 0.471 e. The van der Waals surface area contributed by atoms with E-state index < -0.39 is 38.7 Å². The summed E-state index contributed by atoms with van der Waals surface area (Å²) in [4.78, 5) is 3.53. The van der Waals surface area contributed by atoms with Crippen molar-refractivity contribution >= 4 is 21.4 Å². The predicted octanol–water partition coefficient (Wildman–Crippen LogP) is 4.58. The molecule has 0 N–H and O–H groups in total. The summed E-state index contributed by atoms with van der Waals surface area (Å²) in [6.07, 6.45) is -9.31. The Morgan fingerprint density at radius 3 is 2.48 bits per heavy atom. The van der Waals surface area contributed by atoms with Gasteiger partial charge in [-0.15, -0.1) is 11.3 Å². The van der Waals surface area contributed by atoms with Gasteiger partial charge in [-0.3, -0.25) is 0 Å². The van der Waals surface area contributed by atoms with Gasteiger partial charge in [0.2, 0.25) is 15.8 Å². The van der Waals surface area contributed by atoms with E-state index in [1.54, 1.807) is 0 Å². The number of nitrogens with zero attached hydrogens (tertiary/aromatic N) is 3. The molecule has 1 aliphatic heterocycles. The molecular formula is C17H11F6N3O3S2. The Kier molecular flexibility index (Phi) is 5.13. The smallest absolute Gasteiger partial charge is 0.329 e. The zero-order valence-electron chi connectivity index (χ0n) is 15.2. The molecule has 1 aromatic carbocycles. The Balaban J connectivity index is 1.67. The number of sulfonamides is 1. The number of thiophene rings is 1. The number of hydrogen-bond acceptors (Lipinski definition) is 6. The van der Waals surface area contributed by atoms with Gasteiger partial charge in [-0.25, -0.2) is 8.42 Å². The quantitative estimate of drug-likeness (QED) is 0.510. The van der Waals surface area contributed by atoms with Crippen molar-refractivity contribution in [1.29, 1.82) is 0 Å². The van der Waals surface area contributed by atoms with Crippen LogP contribution in [0.2, 0.25) is 0 Å². The number of fused-ring (bicyclic) bond motifs is 1. The van der Waals surface area contributed by atoms with Gasteiger partial charge >= 0.3 is 18.2 Å². The van der Waals surface area contributed by atoms with Gasteiger partial charge in [-0.2, -0.15) is 35.6 Å². The molecule has 3 aromatic rings. The number of alkyl halides is 6.